The van der Waals surface area contributed by atoms with Crippen LogP contribution in [0.15, 0.2) is 42.6 Å². The fourth-order valence-corrected chi connectivity index (χ4v) is 4.47. The average Bonchev–Trinajstić information content (AvgIpc) is 3.61. The predicted octanol–water partition coefficient (Wildman–Crippen LogP) is 7.54. The van der Waals surface area contributed by atoms with Crippen molar-refractivity contribution in [2.45, 2.75) is 54.4 Å². The highest BCUT2D eigenvalue weighted by Crippen LogP contribution is 2.39. The molecule has 2 aromatic carbocycles. The highest BCUT2D eigenvalue weighted by Gasteiger charge is 2.21. The molecule has 0 spiro atoms. The van der Waals surface area contributed by atoms with Crippen molar-refractivity contribution >= 4 is 11.5 Å². The molecule has 0 saturated heterocycles. The Morgan fingerprint density at radius 2 is 1.34 bits per heavy atom. The Hall–Kier alpha value is -2.81. The van der Waals surface area contributed by atoms with Gasteiger partial charge >= 0.3 is 0 Å². The van der Waals surface area contributed by atoms with Crippen LogP contribution in [0.4, 0.5) is 11.5 Å². The molecule has 1 aliphatic carbocycles. The SMILES string of the molecule is Cc1c(C)c(-c2ccc(NCC3CC3)nc2)c(C)c(C)c1-c1ccc(NCC(C)C)cc1. The van der Waals surface area contributed by atoms with Gasteiger partial charge in [-0.25, -0.2) is 4.98 Å². The Bertz CT molecular complexity index is 965. The molecule has 0 atom stereocenters. The van der Waals surface area contributed by atoms with Gasteiger partial charge in [0.1, 0.15) is 5.82 Å². The van der Waals surface area contributed by atoms with Crippen molar-refractivity contribution in [1.29, 1.82) is 0 Å². The maximum Gasteiger partial charge on any atom is 0.125 e. The van der Waals surface area contributed by atoms with E-state index in [0.717, 1.165) is 24.8 Å². The molecular weight excluding hydrogens is 390 g/mol. The van der Waals surface area contributed by atoms with Crippen LogP contribution < -0.4 is 10.6 Å². The van der Waals surface area contributed by atoms with Crippen LogP contribution in [0.3, 0.4) is 0 Å². The molecule has 32 heavy (non-hydrogen) atoms. The first kappa shape index (κ1) is 22.4. The van der Waals surface area contributed by atoms with E-state index in [0.29, 0.717) is 5.92 Å². The van der Waals surface area contributed by atoms with Crippen LogP contribution in [-0.4, -0.2) is 18.1 Å². The lowest BCUT2D eigenvalue weighted by atomic mass is 9.84. The van der Waals surface area contributed by atoms with E-state index in [-0.39, 0.29) is 0 Å². The molecule has 1 aromatic heterocycles. The molecule has 2 N–H and O–H groups in total. The summed E-state index contributed by atoms with van der Waals surface area (Å²) in [5.41, 5.74) is 11.7. The molecule has 3 nitrogen and oxygen atoms in total. The number of rotatable bonds is 8. The van der Waals surface area contributed by atoms with Gasteiger partial charge in [-0.3, -0.25) is 0 Å². The summed E-state index contributed by atoms with van der Waals surface area (Å²) in [5, 5.41) is 6.99. The summed E-state index contributed by atoms with van der Waals surface area (Å²) < 4.78 is 0. The van der Waals surface area contributed by atoms with Crippen LogP contribution in [0.5, 0.6) is 0 Å². The molecular formula is C29H37N3. The zero-order valence-electron chi connectivity index (χ0n) is 20.5. The first-order valence-corrected chi connectivity index (χ1v) is 12.0. The number of nitrogens with zero attached hydrogens (tertiary/aromatic N) is 1. The second-order valence-electron chi connectivity index (χ2n) is 9.86. The van der Waals surface area contributed by atoms with Gasteiger partial charge in [-0.2, -0.15) is 0 Å². The van der Waals surface area contributed by atoms with E-state index in [4.69, 9.17) is 4.98 Å². The second kappa shape index (κ2) is 9.36. The van der Waals surface area contributed by atoms with Gasteiger partial charge < -0.3 is 10.6 Å². The van der Waals surface area contributed by atoms with Gasteiger partial charge in [0.15, 0.2) is 0 Å². The molecule has 0 radical (unpaired) electrons. The van der Waals surface area contributed by atoms with E-state index in [2.05, 4.69) is 88.6 Å². The Morgan fingerprint density at radius 1 is 0.781 bits per heavy atom. The maximum absolute atomic E-state index is 4.70. The highest BCUT2D eigenvalue weighted by molar-refractivity contribution is 5.83. The molecule has 1 aliphatic rings. The van der Waals surface area contributed by atoms with Crippen molar-refractivity contribution in [2.75, 3.05) is 23.7 Å². The Morgan fingerprint density at radius 3 is 1.84 bits per heavy atom. The molecule has 1 fully saturated rings. The van der Waals surface area contributed by atoms with E-state index >= 15 is 0 Å². The first-order valence-electron chi connectivity index (χ1n) is 12.0. The topological polar surface area (TPSA) is 37.0 Å². The molecule has 0 aliphatic heterocycles. The normalized spacial score (nSPS) is 13.5. The number of pyridine rings is 1. The zero-order valence-corrected chi connectivity index (χ0v) is 20.5. The zero-order chi connectivity index (χ0) is 22.8. The van der Waals surface area contributed by atoms with Crippen LogP contribution in [0.1, 0.15) is 48.9 Å². The molecule has 0 amide bonds. The van der Waals surface area contributed by atoms with E-state index in [1.54, 1.807) is 0 Å². The molecule has 168 valence electrons. The van der Waals surface area contributed by atoms with Gasteiger partial charge in [-0.05, 0) is 116 Å². The molecule has 1 saturated carbocycles. The first-order chi connectivity index (χ1) is 15.3. The molecule has 0 bridgehead atoms. The predicted molar refractivity (Wildman–Crippen MR) is 139 cm³/mol. The number of hydrogen-bond donors (Lipinski definition) is 2. The summed E-state index contributed by atoms with van der Waals surface area (Å²) in [6.07, 6.45) is 4.73. The van der Waals surface area contributed by atoms with Crippen LogP contribution >= 0.6 is 0 Å². The van der Waals surface area contributed by atoms with E-state index in [1.807, 2.05) is 6.20 Å². The van der Waals surface area contributed by atoms with Crippen LogP contribution in [0.2, 0.25) is 0 Å². The van der Waals surface area contributed by atoms with Gasteiger partial charge in [0.2, 0.25) is 0 Å². The lowest BCUT2D eigenvalue weighted by Crippen LogP contribution is -2.07. The van der Waals surface area contributed by atoms with Gasteiger partial charge in [0.25, 0.3) is 0 Å². The van der Waals surface area contributed by atoms with Crippen molar-refractivity contribution in [3.05, 3.63) is 64.8 Å². The monoisotopic (exact) mass is 427 g/mol. The molecule has 0 unspecified atom stereocenters. The average molecular weight is 428 g/mol. The standard InChI is InChI=1S/C29H37N3/c1-18(2)15-30-26-12-9-24(10-13-26)28-19(3)21(5)29(22(6)20(28)4)25-11-14-27(32-17-25)31-16-23-7-8-23/h9-14,17-18,23,30H,7-8,15-16H2,1-6H3,(H,31,32). The second-order valence-corrected chi connectivity index (χ2v) is 9.86. The smallest absolute Gasteiger partial charge is 0.125 e. The summed E-state index contributed by atoms with van der Waals surface area (Å²) in [7, 11) is 0. The summed E-state index contributed by atoms with van der Waals surface area (Å²) in [4.78, 5) is 4.70. The van der Waals surface area contributed by atoms with Gasteiger partial charge in [-0.15, -0.1) is 0 Å². The van der Waals surface area contributed by atoms with Gasteiger partial charge in [0, 0.05) is 30.5 Å². The summed E-state index contributed by atoms with van der Waals surface area (Å²) in [6, 6.07) is 13.2. The molecule has 3 aromatic rings. The third kappa shape index (κ3) is 4.82. The van der Waals surface area contributed by atoms with E-state index in [1.165, 1.54) is 63.0 Å². The van der Waals surface area contributed by atoms with Crippen LogP contribution in [0.25, 0.3) is 22.3 Å². The summed E-state index contributed by atoms with van der Waals surface area (Å²) >= 11 is 0. The van der Waals surface area contributed by atoms with Crippen molar-refractivity contribution in [3.8, 4) is 22.3 Å². The number of aromatic nitrogens is 1. The lowest BCUT2D eigenvalue weighted by molar-refractivity contribution is 0.689. The van der Waals surface area contributed by atoms with Crippen molar-refractivity contribution in [2.24, 2.45) is 11.8 Å². The molecule has 3 heteroatoms. The molecule has 1 heterocycles. The lowest BCUT2D eigenvalue weighted by Gasteiger charge is -2.21. The largest absolute Gasteiger partial charge is 0.385 e. The third-order valence-electron chi connectivity index (χ3n) is 6.83. The third-order valence-corrected chi connectivity index (χ3v) is 6.83. The van der Waals surface area contributed by atoms with Crippen molar-refractivity contribution < 1.29 is 0 Å². The Labute approximate surface area is 193 Å². The summed E-state index contributed by atoms with van der Waals surface area (Å²) in [5.74, 6) is 2.46. The Balaban J connectivity index is 1.63. The van der Waals surface area contributed by atoms with E-state index < -0.39 is 0 Å². The van der Waals surface area contributed by atoms with Crippen LogP contribution in [-0.2, 0) is 0 Å². The summed E-state index contributed by atoms with van der Waals surface area (Å²) in [6.45, 7) is 15.5. The number of benzene rings is 2. The van der Waals surface area contributed by atoms with Crippen molar-refractivity contribution in [1.82, 2.24) is 4.98 Å². The van der Waals surface area contributed by atoms with Gasteiger partial charge in [-0.1, -0.05) is 26.0 Å². The van der Waals surface area contributed by atoms with Crippen LogP contribution in [0, 0.1) is 39.5 Å². The minimum atomic E-state index is 0.634. The fraction of sp³-hybridized carbons (Fsp3) is 0.414. The van der Waals surface area contributed by atoms with Crippen molar-refractivity contribution in [3.63, 3.8) is 0 Å². The number of nitrogens with one attached hydrogen (secondary N) is 2. The minimum absolute atomic E-state index is 0.634. The quantitative estimate of drug-likeness (QED) is 0.390. The van der Waals surface area contributed by atoms with E-state index in [9.17, 15) is 0 Å². The minimum Gasteiger partial charge on any atom is -0.385 e. The molecule has 4 rings (SSSR count). The highest BCUT2D eigenvalue weighted by atomic mass is 15.0. The number of hydrogen-bond acceptors (Lipinski definition) is 3. The van der Waals surface area contributed by atoms with Gasteiger partial charge in [0.05, 0.1) is 0 Å². The maximum atomic E-state index is 4.70. The number of anilines is 2. The fourth-order valence-electron chi connectivity index (χ4n) is 4.47. The Kier molecular flexibility index (Phi) is 6.55.